The summed E-state index contributed by atoms with van der Waals surface area (Å²) in [5.41, 5.74) is 2.38. The van der Waals surface area contributed by atoms with Crippen LogP contribution in [0.4, 0.5) is 0 Å². The Morgan fingerprint density at radius 2 is 1.83 bits per heavy atom. The van der Waals surface area contributed by atoms with Gasteiger partial charge in [0.2, 0.25) is 0 Å². The maximum Gasteiger partial charge on any atom is 0.191 e. The predicted octanol–water partition coefficient (Wildman–Crippen LogP) is 3.32. The van der Waals surface area contributed by atoms with Gasteiger partial charge in [0.05, 0.1) is 13.2 Å². The van der Waals surface area contributed by atoms with Gasteiger partial charge < -0.3 is 20.1 Å². The molecule has 0 amide bonds. The molecule has 1 aromatic rings. The first-order chi connectivity index (χ1) is 11.3. The third-order valence-electron chi connectivity index (χ3n) is 3.38. The number of ether oxygens (including phenoxy) is 2. The second-order valence-electron chi connectivity index (χ2n) is 5.23. The zero-order valence-corrected chi connectivity index (χ0v) is 17.5. The summed E-state index contributed by atoms with van der Waals surface area (Å²) in [7, 11) is 1.72. The monoisotopic (exact) mass is 449 g/mol. The lowest BCUT2D eigenvalue weighted by Crippen LogP contribution is -2.37. The molecule has 6 heteroatoms. The maximum atomic E-state index is 5.34. The number of nitrogens with one attached hydrogen (secondary N) is 2. The van der Waals surface area contributed by atoms with Crippen molar-refractivity contribution in [2.24, 2.45) is 4.99 Å². The van der Waals surface area contributed by atoms with Gasteiger partial charge in [-0.25, -0.2) is 4.99 Å². The van der Waals surface area contributed by atoms with Crippen LogP contribution in [0.3, 0.4) is 0 Å². The van der Waals surface area contributed by atoms with Crippen LogP contribution in [-0.4, -0.2) is 39.4 Å². The molecule has 0 heterocycles. The minimum absolute atomic E-state index is 0. The van der Waals surface area contributed by atoms with Crippen molar-refractivity contribution < 1.29 is 9.47 Å². The Bertz CT molecular complexity index is 456. The minimum atomic E-state index is 0. The van der Waals surface area contributed by atoms with Crippen molar-refractivity contribution in [1.29, 1.82) is 0 Å². The molecule has 0 unspecified atom stereocenters. The Hall–Kier alpha value is -0.860. The Balaban J connectivity index is 0.00000529. The lowest BCUT2D eigenvalue weighted by atomic mass is 10.1. The molecular formula is C18H32IN3O2. The normalized spacial score (nSPS) is 11.0. The van der Waals surface area contributed by atoms with E-state index in [2.05, 4.69) is 34.7 Å². The molecule has 0 atom stereocenters. The van der Waals surface area contributed by atoms with Crippen LogP contribution in [0.2, 0.25) is 0 Å². The van der Waals surface area contributed by atoms with E-state index in [9.17, 15) is 0 Å². The molecule has 5 nitrogen and oxygen atoms in total. The zero-order chi connectivity index (χ0) is 16.8. The molecule has 1 rings (SSSR count). The molecule has 0 saturated carbocycles. The molecule has 2 N–H and O–H groups in total. The van der Waals surface area contributed by atoms with E-state index in [1.165, 1.54) is 11.1 Å². The quantitative estimate of drug-likeness (QED) is 0.236. The van der Waals surface area contributed by atoms with E-state index >= 15 is 0 Å². The molecule has 1 aromatic carbocycles. The summed E-state index contributed by atoms with van der Waals surface area (Å²) in [6.45, 7) is 8.74. The fourth-order valence-electron chi connectivity index (χ4n) is 2.19. The Morgan fingerprint density at radius 3 is 2.50 bits per heavy atom. The van der Waals surface area contributed by atoms with Crippen molar-refractivity contribution in [3.63, 3.8) is 0 Å². The standard InChI is InChI=1S/C18H31N3O2.HI/c1-4-19-18(20-12-8-9-13-23-5-2)21-14-16-10-6-7-11-17(16)15-22-3;/h6-7,10-11H,4-5,8-9,12-15H2,1-3H3,(H2,19,20,21);1H. The summed E-state index contributed by atoms with van der Waals surface area (Å²) in [5.74, 6) is 0.858. The van der Waals surface area contributed by atoms with Gasteiger partial charge in [-0.2, -0.15) is 0 Å². The van der Waals surface area contributed by atoms with Gasteiger partial charge in [-0.1, -0.05) is 24.3 Å². The summed E-state index contributed by atoms with van der Waals surface area (Å²) < 4.78 is 10.6. The average molecular weight is 449 g/mol. The molecule has 0 aromatic heterocycles. The van der Waals surface area contributed by atoms with Gasteiger partial charge in [-0.05, 0) is 37.8 Å². The molecule has 0 spiro atoms. The second kappa shape index (κ2) is 15.7. The number of hydrogen-bond donors (Lipinski definition) is 2. The summed E-state index contributed by atoms with van der Waals surface area (Å²) in [4.78, 5) is 4.67. The number of hydrogen-bond acceptors (Lipinski definition) is 3. The highest BCUT2D eigenvalue weighted by molar-refractivity contribution is 14.0. The Kier molecular flexibility index (Phi) is 15.1. The van der Waals surface area contributed by atoms with Gasteiger partial charge in [0, 0.05) is 33.4 Å². The van der Waals surface area contributed by atoms with E-state index in [1.807, 2.05) is 19.1 Å². The van der Waals surface area contributed by atoms with Crippen LogP contribution in [0, 0.1) is 0 Å². The number of unbranched alkanes of at least 4 members (excludes halogenated alkanes) is 1. The average Bonchev–Trinajstić information content (AvgIpc) is 2.57. The first-order valence-electron chi connectivity index (χ1n) is 8.47. The van der Waals surface area contributed by atoms with Gasteiger partial charge in [0.15, 0.2) is 5.96 Å². The van der Waals surface area contributed by atoms with Crippen molar-refractivity contribution in [1.82, 2.24) is 10.6 Å². The van der Waals surface area contributed by atoms with E-state index in [-0.39, 0.29) is 24.0 Å². The molecule has 0 saturated heterocycles. The number of benzene rings is 1. The van der Waals surface area contributed by atoms with Crippen molar-refractivity contribution in [3.05, 3.63) is 35.4 Å². The van der Waals surface area contributed by atoms with Gasteiger partial charge in [0.1, 0.15) is 0 Å². The van der Waals surface area contributed by atoms with Crippen LogP contribution < -0.4 is 10.6 Å². The zero-order valence-electron chi connectivity index (χ0n) is 15.1. The van der Waals surface area contributed by atoms with Gasteiger partial charge in [0.25, 0.3) is 0 Å². The number of aliphatic imine (C=N–C) groups is 1. The number of nitrogens with zero attached hydrogens (tertiary/aromatic N) is 1. The molecule has 0 aliphatic heterocycles. The van der Waals surface area contributed by atoms with E-state index < -0.39 is 0 Å². The van der Waals surface area contributed by atoms with E-state index in [0.29, 0.717) is 13.2 Å². The topological polar surface area (TPSA) is 54.9 Å². The highest BCUT2D eigenvalue weighted by atomic mass is 127. The molecule has 24 heavy (non-hydrogen) atoms. The van der Waals surface area contributed by atoms with Crippen LogP contribution in [0.1, 0.15) is 37.8 Å². The van der Waals surface area contributed by atoms with Gasteiger partial charge in [-0.3, -0.25) is 0 Å². The molecule has 0 aliphatic carbocycles. The largest absolute Gasteiger partial charge is 0.382 e. The first kappa shape index (κ1) is 23.1. The van der Waals surface area contributed by atoms with Crippen molar-refractivity contribution >= 4 is 29.9 Å². The van der Waals surface area contributed by atoms with Gasteiger partial charge >= 0.3 is 0 Å². The highest BCUT2D eigenvalue weighted by Crippen LogP contribution is 2.11. The van der Waals surface area contributed by atoms with E-state index in [0.717, 1.165) is 45.1 Å². The number of guanidine groups is 1. The minimum Gasteiger partial charge on any atom is -0.382 e. The Morgan fingerprint density at radius 1 is 1.08 bits per heavy atom. The summed E-state index contributed by atoms with van der Waals surface area (Å²) in [5, 5.41) is 6.65. The van der Waals surface area contributed by atoms with Crippen LogP contribution in [0.25, 0.3) is 0 Å². The van der Waals surface area contributed by atoms with Crippen LogP contribution in [-0.2, 0) is 22.6 Å². The smallest absolute Gasteiger partial charge is 0.191 e. The number of rotatable bonds is 11. The molecule has 0 fully saturated rings. The number of methoxy groups -OCH3 is 1. The molecular weight excluding hydrogens is 417 g/mol. The van der Waals surface area contributed by atoms with Crippen molar-refractivity contribution in [3.8, 4) is 0 Å². The van der Waals surface area contributed by atoms with Crippen molar-refractivity contribution in [2.75, 3.05) is 33.4 Å². The molecule has 138 valence electrons. The Labute approximate surface area is 163 Å². The molecule has 0 bridgehead atoms. The van der Waals surface area contributed by atoms with Crippen LogP contribution in [0.5, 0.6) is 0 Å². The van der Waals surface area contributed by atoms with E-state index in [4.69, 9.17) is 9.47 Å². The fourth-order valence-corrected chi connectivity index (χ4v) is 2.19. The second-order valence-corrected chi connectivity index (χ2v) is 5.23. The lowest BCUT2D eigenvalue weighted by molar-refractivity contribution is 0.143. The SMILES string of the molecule is CCNC(=NCc1ccccc1COC)NCCCCOCC.I. The molecule has 0 radical (unpaired) electrons. The first-order valence-corrected chi connectivity index (χ1v) is 8.47. The molecule has 0 aliphatic rings. The summed E-state index contributed by atoms with van der Waals surface area (Å²) in [6, 6.07) is 8.26. The summed E-state index contributed by atoms with van der Waals surface area (Å²) >= 11 is 0. The van der Waals surface area contributed by atoms with Gasteiger partial charge in [-0.15, -0.1) is 24.0 Å². The predicted molar refractivity (Wildman–Crippen MR) is 111 cm³/mol. The fraction of sp³-hybridized carbons (Fsp3) is 0.611. The third kappa shape index (κ3) is 10.1. The summed E-state index contributed by atoms with van der Waals surface area (Å²) in [6.07, 6.45) is 2.14. The van der Waals surface area contributed by atoms with E-state index in [1.54, 1.807) is 7.11 Å². The maximum absolute atomic E-state index is 5.34. The highest BCUT2D eigenvalue weighted by Gasteiger charge is 2.02. The van der Waals surface area contributed by atoms with Crippen molar-refractivity contribution in [2.45, 2.75) is 39.8 Å². The third-order valence-corrected chi connectivity index (χ3v) is 3.38. The lowest BCUT2D eigenvalue weighted by Gasteiger charge is -2.12. The van der Waals surface area contributed by atoms with Crippen LogP contribution >= 0.6 is 24.0 Å². The van der Waals surface area contributed by atoms with Crippen LogP contribution in [0.15, 0.2) is 29.3 Å². The number of halogens is 1.